The Hall–Kier alpha value is -4.19. The molecule has 0 saturated heterocycles. The van der Waals surface area contributed by atoms with Gasteiger partial charge in [-0.2, -0.15) is 0 Å². The number of nitrogens with zero attached hydrogens (tertiary/aromatic N) is 1. The number of esters is 1. The van der Waals surface area contributed by atoms with Crippen LogP contribution in [0.1, 0.15) is 26.4 Å². The molecular formula is C25H20N2O4. The second kappa shape index (κ2) is 8.67. The number of methoxy groups -OCH3 is 1. The van der Waals surface area contributed by atoms with Crippen LogP contribution in [0.3, 0.4) is 0 Å². The first kappa shape index (κ1) is 20.1. The molecule has 4 aromatic rings. The zero-order valence-corrected chi connectivity index (χ0v) is 17.1. The highest BCUT2D eigenvalue weighted by Gasteiger charge is 2.15. The minimum absolute atomic E-state index is 0.291. The van der Waals surface area contributed by atoms with E-state index in [0.717, 1.165) is 16.6 Å². The largest absolute Gasteiger partial charge is 0.496 e. The molecule has 0 aliphatic carbocycles. The SMILES string of the molecule is COc1ccccc1C(=O)Nc1ccc(OC(=O)c2cc(C)nc3ccccc23)cc1. The van der Waals surface area contributed by atoms with Gasteiger partial charge in [-0.1, -0.05) is 30.3 Å². The summed E-state index contributed by atoms with van der Waals surface area (Å²) in [6.07, 6.45) is 0. The number of hydrogen-bond donors (Lipinski definition) is 1. The maximum Gasteiger partial charge on any atom is 0.344 e. The summed E-state index contributed by atoms with van der Waals surface area (Å²) in [5.74, 6) is 0.109. The Balaban J connectivity index is 1.49. The van der Waals surface area contributed by atoms with E-state index in [0.29, 0.717) is 28.3 Å². The minimum Gasteiger partial charge on any atom is -0.496 e. The highest BCUT2D eigenvalue weighted by molar-refractivity contribution is 6.06. The molecule has 0 bridgehead atoms. The number of aryl methyl sites for hydroxylation is 1. The Kier molecular flexibility index (Phi) is 5.62. The van der Waals surface area contributed by atoms with Gasteiger partial charge < -0.3 is 14.8 Å². The third-order valence-electron chi connectivity index (χ3n) is 4.74. The van der Waals surface area contributed by atoms with Gasteiger partial charge in [0.25, 0.3) is 5.91 Å². The van der Waals surface area contributed by atoms with E-state index in [4.69, 9.17) is 9.47 Å². The van der Waals surface area contributed by atoms with Gasteiger partial charge in [0.2, 0.25) is 0 Å². The van der Waals surface area contributed by atoms with Crippen LogP contribution < -0.4 is 14.8 Å². The maximum atomic E-state index is 12.8. The van der Waals surface area contributed by atoms with Crippen LogP contribution in [-0.2, 0) is 0 Å². The Labute approximate surface area is 179 Å². The molecule has 1 N–H and O–H groups in total. The number of amides is 1. The van der Waals surface area contributed by atoms with Crippen LogP contribution in [0.15, 0.2) is 78.9 Å². The van der Waals surface area contributed by atoms with E-state index < -0.39 is 5.97 Å². The van der Waals surface area contributed by atoms with Crippen LogP contribution in [-0.4, -0.2) is 24.0 Å². The Morgan fingerprint density at radius 2 is 1.58 bits per heavy atom. The van der Waals surface area contributed by atoms with Crippen molar-refractivity contribution in [3.63, 3.8) is 0 Å². The van der Waals surface area contributed by atoms with E-state index in [-0.39, 0.29) is 5.91 Å². The van der Waals surface area contributed by atoms with Crippen molar-refractivity contribution >= 4 is 28.5 Å². The Morgan fingerprint density at radius 3 is 2.35 bits per heavy atom. The molecule has 0 radical (unpaired) electrons. The van der Waals surface area contributed by atoms with Crippen LogP contribution in [0, 0.1) is 6.92 Å². The van der Waals surface area contributed by atoms with E-state index in [1.807, 2.05) is 31.2 Å². The lowest BCUT2D eigenvalue weighted by atomic mass is 10.1. The van der Waals surface area contributed by atoms with E-state index in [2.05, 4.69) is 10.3 Å². The molecule has 6 nitrogen and oxygen atoms in total. The number of ether oxygens (including phenoxy) is 2. The van der Waals surface area contributed by atoms with Gasteiger partial charge in [-0.3, -0.25) is 9.78 Å². The fraction of sp³-hybridized carbons (Fsp3) is 0.0800. The summed E-state index contributed by atoms with van der Waals surface area (Å²) in [4.78, 5) is 29.7. The molecule has 0 unspecified atom stereocenters. The summed E-state index contributed by atoms with van der Waals surface area (Å²) in [6.45, 7) is 1.84. The number of hydrogen-bond acceptors (Lipinski definition) is 5. The lowest BCUT2D eigenvalue weighted by molar-refractivity contribution is 0.0736. The molecule has 4 rings (SSSR count). The highest BCUT2D eigenvalue weighted by atomic mass is 16.5. The molecule has 0 saturated carbocycles. The first-order chi connectivity index (χ1) is 15.0. The van der Waals surface area contributed by atoms with Crippen molar-refractivity contribution in [2.45, 2.75) is 6.92 Å². The molecule has 31 heavy (non-hydrogen) atoms. The number of para-hydroxylation sites is 2. The molecule has 6 heteroatoms. The van der Waals surface area contributed by atoms with Crippen molar-refractivity contribution in [3.05, 3.63) is 95.7 Å². The summed E-state index contributed by atoms with van der Waals surface area (Å²) < 4.78 is 10.8. The number of rotatable bonds is 5. The molecular weight excluding hydrogens is 392 g/mol. The topological polar surface area (TPSA) is 77.5 Å². The van der Waals surface area contributed by atoms with Crippen molar-refractivity contribution in [2.75, 3.05) is 12.4 Å². The average molecular weight is 412 g/mol. The number of carbonyl (C=O) groups excluding carboxylic acids is 2. The fourth-order valence-electron chi connectivity index (χ4n) is 3.28. The minimum atomic E-state index is -0.465. The molecule has 0 aliphatic heterocycles. The molecule has 1 aromatic heterocycles. The standard InChI is InChI=1S/C25H20N2O4/c1-16-15-21(19-7-3-5-9-22(19)26-16)25(29)31-18-13-11-17(12-14-18)27-24(28)20-8-4-6-10-23(20)30-2/h3-15H,1-2H3,(H,27,28). The first-order valence-corrected chi connectivity index (χ1v) is 9.68. The van der Waals surface area contributed by atoms with Gasteiger partial charge in [0.1, 0.15) is 11.5 Å². The summed E-state index contributed by atoms with van der Waals surface area (Å²) in [6, 6.07) is 22.7. The lowest BCUT2D eigenvalue weighted by Gasteiger charge is -2.10. The molecule has 0 spiro atoms. The number of anilines is 1. The monoisotopic (exact) mass is 412 g/mol. The van der Waals surface area contributed by atoms with Gasteiger partial charge in [-0.25, -0.2) is 4.79 Å². The molecule has 3 aromatic carbocycles. The second-order valence-corrected chi connectivity index (χ2v) is 6.90. The van der Waals surface area contributed by atoms with Gasteiger partial charge >= 0.3 is 5.97 Å². The highest BCUT2D eigenvalue weighted by Crippen LogP contribution is 2.23. The Morgan fingerprint density at radius 1 is 0.871 bits per heavy atom. The van der Waals surface area contributed by atoms with Crippen molar-refractivity contribution in [1.82, 2.24) is 4.98 Å². The first-order valence-electron chi connectivity index (χ1n) is 9.68. The van der Waals surface area contributed by atoms with Gasteiger partial charge in [0.05, 0.1) is 23.8 Å². The third-order valence-corrected chi connectivity index (χ3v) is 4.74. The van der Waals surface area contributed by atoms with Gasteiger partial charge in [-0.05, 0) is 55.5 Å². The smallest absolute Gasteiger partial charge is 0.344 e. The normalized spacial score (nSPS) is 10.5. The van der Waals surface area contributed by atoms with Crippen LogP contribution >= 0.6 is 0 Å². The number of fused-ring (bicyclic) bond motifs is 1. The van der Waals surface area contributed by atoms with Crippen LogP contribution in [0.25, 0.3) is 10.9 Å². The summed E-state index contributed by atoms with van der Waals surface area (Å²) in [5.41, 5.74) is 2.93. The van der Waals surface area contributed by atoms with Crippen molar-refractivity contribution in [1.29, 1.82) is 0 Å². The van der Waals surface area contributed by atoms with E-state index in [1.54, 1.807) is 54.6 Å². The quantitative estimate of drug-likeness (QED) is 0.368. The molecule has 1 heterocycles. The molecule has 154 valence electrons. The predicted octanol–water partition coefficient (Wildman–Crippen LogP) is 5.02. The Bertz CT molecular complexity index is 1270. The average Bonchev–Trinajstić information content (AvgIpc) is 2.79. The summed E-state index contributed by atoms with van der Waals surface area (Å²) in [5, 5.41) is 3.54. The van der Waals surface area contributed by atoms with Crippen molar-refractivity contribution in [2.24, 2.45) is 0 Å². The van der Waals surface area contributed by atoms with Gasteiger partial charge in [0, 0.05) is 16.8 Å². The molecule has 0 fully saturated rings. The number of pyridine rings is 1. The fourth-order valence-corrected chi connectivity index (χ4v) is 3.28. The van der Waals surface area contributed by atoms with Gasteiger partial charge in [0.15, 0.2) is 0 Å². The lowest BCUT2D eigenvalue weighted by Crippen LogP contribution is -2.13. The third kappa shape index (κ3) is 4.38. The van der Waals surface area contributed by atoms with Crippen molar-refractivity contribution in [3.8, 4) is 11.5 Å². The van der Waals surface area contributed by atoms with Crippen molar-refractivity contribution < 1.29 is 19.1 Å². The zero-order chi connectivity index (χ0) is 21.8. The maximum absolute atomic E-state index is 12.8. The summed E-state index contributed by atoms with van der Waals surface area (Å²) in [7, 11) is 1.52. The number of aromatic nitrogens is 1. The molecule has 0 aliphatic rings. The van der Waals surface area contributed by atoms with E-state index in [1.165, 1.54) is 7.11 Å². The predicted molar refractivity (Wildman–Crippen MR) is 119 cm³/mol. The zero-order valence-electron chi connectivity index (χ0n) is 17.1. The number of carbonyl (C=O) groups is 2. The molecule has 0 atom stereocenters. The summed E-state index contributed by atoms with van der Waals surface area (Å²) >= 11 is 0. The van der Waals surface area contributed by atoms with Crippen LogP contribution in [0.5, 0.6) is 11.5 Å². The van der Waals surface area contributed by atoms with Crippen LogP contribution in [0.4, 0.5) is 5.69 Å². The van der Waals surface area contributed by atoms with Gasteiger partial charge in [-0.15, -0.1) is 0 Å². The number of nitrogens with one attached hydrogen (secondary N) is 1. The second-order valence-electron chi connectivity index (χ2n) is 6.90. The molecule has 1 amide bonds. The van der Waals surface area contributed by atoms with E-state index >= 15 is 0 Å². The number of benzene rings is 3. The van der Waals surface area contributed by atoms with Crippen LogP contribution in [0.2, 0.25) is 0 Å². The van der Waals surface area contributed by atoms with E-state index in [9.17, 15) is 9.59 Å².